The molecule has 0 atom stereocenters. The Balaban J connectivity index is 1.67. The number of hydrogen-bond donors (Lipinski definition) is 1. The standard InChI is InChI=1S/C22H27ClN2O3S/c1-16-21(29-14-13-28-16)22(27)25(19-9-7-18(23)8-10-19)15-20(26)24-12-11-17-5-3-2-4-6-17/h5,7-10H,2-4,6,11-15H2,1H3,(H,24,26). The van der Waals surface area contributed by atoms with E-state index in [1.165, 1.54) is 35.1 Å². The highest BCUT2D eigenvalue weighted by Gasteiger charge is 2.27. The van der Waals surface area contributed by atoms with Gasteiger partial charge >= 0.3 is 0 Å². The third-order valence-corrected chi connectivity index (χ3v) is 6.37. The molecule has 2 aliphatic rings. The zero-order valence-electron chi connectivity index (χ0n) is 16.7. The summed E-state index contributed by atoms with van der Waals surface area (Å²) in [5.74, 6) is 0.924. The van der Waals surface area contributed by atoms with Crippen molar-refractivity contribution in [3.63, 3.8) is 0 Å². The van der Waals surface area contributed by atoms with Crippen molar-refractivity contribution in [3.8, 4) is 0 Å². The maximum atomic E-state index is 13.2. The number of amides is 2. The molecule has 1 heterocycles. The summed E-state index contributed by atoms with van der Waals surface area (Å²) in [5, 5.41) is 3.54. The third kappa shape index (κ3) is 6.28. The molecule has 7 heteroatoms. The van der Waals surface area contributed by atoms with Gasteiger partial charge in [-0.2, -0.15) is 0 Å². The summed E-state index contributed by atoms with van der Waals surface area (Å²) in [6, 6.07) is 6.95. The summed E-state index contributed by atoms with van der Waals surface area (Å²) in [5.41, 5.74) is 2.05. The number of ether oxygens (including phenoxy) is 1. The Morgan fingerprint density at radius 1 is 1.24 bits per heavy atom. The van der Waals surface area contributed by atoms with E-state index >= 15 is 0 Å². The van der Waals surface area contributed by atoms with Crippen molar-refractivity contribution < 1.29 is 14.3 Å². The van der Waals surface area contributed by atoms with Gasteiger partial charge in [0.2, 0.25) is 5.91 Å². The predicted molar refractivity (Wildman–Crippen MR) is 119 cm³/mol. The van der Waals surface area contributed by atoms with E-state index < -0.39 is 0 Å². The topological polar surface area (TPSA) is 58.6 Å². The Bertz CT molecular complexity index is 805. The maximum absolute atomic E-state index is 13.2. The molecule has 0 fully saturated rings. The largest absolute Gasteiger partial charge is 0.496 e. The summed E-state index contributed by atoms with van der Waals surface area (Å²) in [6.07, 6.45) is 7.90. The van der Waals surface area contributed by atoms with Crippen molar-refractivity contribution in [2.24, 2.45) is 0 Å². The van der Waals surface area contributed by atoms with E-state index in [1.807, 2.05) is 0 Å². The molecule has 0 saturated carbocycles. The van der Waals surface area contributed by atoms with Crippen molar-refractivity contribution in [2.45, 2.75) is 39.0 Å². The number of benzene rings is 1. The van der Waals surface area contributed by atoms with E-state index in [-0.39, 0.29) is 18.4 Å². The van der Waals surface area contributed by atoms with Crippen LogP contribution in [0, 0.1) is 0 Å². The number of nitrogens with one attached hydrogen (secondary N) is 1. The summed E-state index contributed by atoms with van der Waals surface area (Å²) in [6.45, 7) is 2.92. The molecule has 0 aromatic heterocycles. The van der Waals surface area contributed by atoms with E-state index in [9.17, 15) is 9.59 Å². The maximum Gasteiger partial charge on any atom is 0.268 e. The van der Waals surface area contributed by atoms with Crippen LogP contribution in [0.4, 0.5) is 5.69 Å². The molecule has 2 amide bonds. The lowest BCUT2D eigenvalue weighted by Crippen LogP contribution is -2.42. The third-order valence-electron chi connectivity index (χ3n) is 5.00. The fourth-order valence-corrected chi connectivity index (χ4v) is 4.43. The van der Waals surface area contributed by atoms with Crippen LogP contribution in [-0.4, -0.2) is 37.3 Å². The van der Waals surface area contributed by atoms with Gasteiger partial charge in [0, 0.05) is 23.0 Å². The van der Waals surface area contributed by atoms with Gasteiger partial charge in [0.05, 0.1) is 6.61 Å². The lowest BCUT2D eigenvalue weighted by Gasteiger charge is -2.26. The number of carbonyl (C=O) groups is 2. The van der Waals surface area contributed by atoms with E-state index in [1.54, 1.807) is 31.2 Å². The average Bonchev–Trinajstić information content (AvgIpc) is 2.73. The highest BCUT2D eigenvalue weighted by atomic mass is 35.5. The SMILES string of the molecule is CC1=C(C(=O)N(CC(=O)NCCC2=CCCCC2)c2ccc(Cl)cc2)SCCO1. The Kier molecular flexibility index (Phi) is 8.07. The van der Waals surface area contributed by atoms with Crippen molar-refractivity contribution in [2.75, 3.05) is 30.3 Å². The van der Waals surface area contributed by atoms with Crippen LogP contribution in [0.5, 0.6) is 0 Å². The molecule has 0 unspecified atom stereocenters. The number of halogens is 1. The molecule has 29 heavy (non-hydrogen) atoms. The van der Waals surface area contributed by atoms with Gasteiger partial charge in [-0.15, -0.1) is 11.8 Å². The molecule has 0 radical (unpaired) electrons. The highest BCUT2D eigenvalue weighted by Crippen LogP contribution is 2.29. The van der Waals surface area contributed by atoms with E-state index in [0.717, 1.165) is 19.3 Å². The van der Waals surface area contributed by atoms with Crippen LogP contribution in [0.1, 0.15) is 39.0 Å². The van der Waals surface area contributed by atoms with Gasteiger partial charge in [-0.05, 0) is 63.3 Å². The Morgan fingerprint density at radius 3 is 2.72 bits per heavy atom. The Morgan fingerprint density at radius 2 is 2.03 bits per heavy atom. The highest BCUT2D eigenvalue weighted by molar-refractivity contribution is 8.04. The molecule has 0 saturated heterocycles. The second kappa shape index (κ2) is 10.7. The van der Waals surface area contributed by atoms with Crippen molar-refractivity contribution in [1.82, 2.24) is 5.32 Å². The van der Waals surface area contributed by atoms with Gasteiger partial charge in [-0.3, -0.25) is 14.5 Å². The molecule has 1 aromatic carbocycles. The first-order valence-electron chi connectivity index (χ1n) is 10.0. The van der Waals surface area contributed by atoms with E-state index in [2.05, 4.69) is 11.4 Å². The fraction of sp³-hybridized carbons (Fsp3) is 0.455. The minimum Gasteiger partial charge on any atom is -0.496 e. The summed E-state index contributed by atoms with van der Waals surface area (Å²) in [7, 11) is 0. The van der Waals surface area contributed by atoms with Crippen LogP contribution in [0.15, 0.2) is 46.6 Å². The molecule has 5 nitrogen and oxygen atoms in total. The molecule has 0 bridgehead atoms. The zero-order chi connectivity index (χ0) is 20.6. The Hall–Kier alpha value is -1.92. The van der Waals surface area contributed by atoms with Crippen molar-refractivity contribution >= 4 is 40.9 Å². The number of allylic oxidation sites excluding steroid dienone is 2. The van der Waals surface area contributed by atoms with Gasteiger partial charge in [0.25, 0.3) is 5.91 Å². The normalized spacial score (nSPS) is 16.7. The molecule has 1 aliphatic heterocycles. The lowest BCUT2D eigenvalue weighted by molar-refractivity contribution is -0.122. The molecule has 1 aromatic rings. The van der Waals surface area contributed by atoms with Crippen LogP contribution in [0.25, 0.3) is 0 Å². The predicted octanol–water partition coefficient (Wildman–Crippen LogP) is 4.67. The second-order valence-corrected chi connectivity index (χ2v) is 8.70. The van der Waals surface area contributed by atoms with Crippen LogP contribution in [0.2, 0.25) is 5.02 Å². The van der Waals surface area contributed by atoms with Gasteiger partial charge in [-0.1, -0.05) is 23.3 Å². The number of carbonyl (C=O) groups excluding carboxylic acids is 2. The van der Waals surface area contributed by atoms with E-state index in [0.29, 0.717) is 40.3 Å². The quantitative estimate of drug-likeness (QED) is 0.633. The zero-order valence-corrected chi connectivity index (χ0v) is 18.3. The van der Waals surface area contributed by atoms with Gasteiger partial charge in [-0.25, -0.2) is 0 Å². The molecule has 1 N–H and O–H groups in total. The molecule has 0 spiro atoms. The van der Waals surface area contributed by atoms with Crippen LogP contribution in [0.3, 0.4) is 0 Å². The van der Waals surface area contributed by atoms with Crippen molar-refractivity contribution in [1.29, 1.82) is 0 Å². The smallest absolute Gasteiger partial charge is 0.268 e. The minimum atomic E-state index is -0.223. The fourth-order valence-electron chi connectivity index (χ4n) is 3.44. The monoisotopic (exact) mass is 434 g/mol. The van der Waals surface area contributed by atoms with Crippen molar-refractivity contribution in [3.05, 3.63) is 51.6 Å². The molecular formula is C22H27ClN2O3S. The first kappa shape index (κ1) is 21.8. The summed E-state index contributed by atoms with van der Waals surface area (Å²) in [4.78, 5) is 27.8. The van der Waals surface area contributed by atoms with E-state index in [4.69, 9.17) is 16.3 Å². The average molecular weight is 435 g/mol. The minimum absolute atomic E-state index is 0.0448. The molecule has 156 valence electrons. The molecule has 3 rings (SSSR count). The number of thioether (sulfide) groups is 1. The number of hydrogen-bond acceptors (Lipinski definition) is 4. The van der Waals surface area contributed by atoms with Gasteiger partial charge in [0.1, 0.15) is 17.2 Å². The second-order valence-electron chi connectivity index (χ2n) is 7.16. The molecule has 1 aliphatic carbocycles. The number of nitrogens with zero attached hydrogens (tertiary/aromatic N) is 1. The molecular weight excluding hydrogens is 408 g/mol. The van der Waals surface area contributed by atoms with Crippen LogP contribution in [-0.2, 0) is 14.3 Å². The first-order chi connectivity index (χ1) is 14.0. The van der Waals surface area contributed by atoms with Crippen LogP contribution >= 0.6 is 23.4 Å². The Labute approximate surface area is 181 Å². The summed E-state index contributed by atoms with van der Waals surface area (Å²) >= 11 is 7.46. The van der Waals surface area contributed by atoms with Gasteiger partial charge in [0.15, 0.2) is 0 Å². The number of anilines is 1. The van der Waals surface area contributed by atoms with Gasteiger partial charge < -0.3 is 10.1 Å². The van der Waals surface area contributed by atoms with Crippen LogP contribution < -0.4 is 10.2 Å². The first-order valence-corrected chi connectivity index (χ1v) is 11.4. The lowest BCUT2D eigenvalue weighted by atomic mass is 9.97. The summed E-state index contributed by atoms with van der Waals surface area (Å²) < 4.78 is 5.54. The number of rotatable bonds is 7.